The normalized spacial score (nSPS) is 11.3. The summed E-state index contributed by atoms with van der Waals surface area (Å²) in [5.41, 5.74) is 6.08. The van der Waals surface area contributed by atoms with Crippen LogP contribution in [-0.2, 0) is 23.1 Å². The third-order valence-corrected chi connectivity index (χ3v) is 8.44. The Bertz CT molecular complexity index is 2240. The predicted octanol–water partition coefficient (Wildman–Crippen LogP) is 5.47. The standard InChI is InChI=1S/C35H30N6O4S/c1-2-41-35(43)33(39-31-13-5-12-30-29(31)11-6-18-37-30)21-32(40-41)26-9-3-7-24(19-26)25-8-4-10-27(20-25)34(42)38-22-23-14-16-28(17-15-23)46(36,44)45/h3-21,39H,2,22H2,1H3,(H,38,42)(H2,36,44,45). The third-order valence-electron chi connectivity index (χ3n) is 7.51. The summed E-state index contributed by atoms with van der Waals surface area (Å²) in [7, 11) is -3.79. The first-order chi connectivity index (χ1) is 22.2. The largest absolute Gasteiger partial charge is 0.350 e. The minimum Gasteiger partial charge on any atom is -0.350 e. The maximum atomic E-state index is 13.3. The molecule has 0 fully saturated rings. The SMILES string of the molecule is CCn1nc(-c2cccc(-c3cccc(C(=O)NCc4ccc(S(N)(=O)=O)cc4)c3)c2)cc(Nc2cccc3ncccc23)c1=O. The highest BCUT2D eigenvalue weighted by molar-refractivity contribution is 7.89. The molecular weight excluding hydrogens is 600 g/mol. The number of carbonyl (C=O) groups is 1. The molecule has 0 unspecified atom stereocenters. The average molecular weight is 631 g/mol. The van der Waals surface area contributed by atoms with E-state index in [9.17, 15) is 18.0 Å². The van der Waals surface area contributed by atoms with Crippen LogP contribution >= 0.6 is 0 Å². The lowest BCUT2D eigenvalue weighted by molar-refractivity contribution is 0.0951. The van der Waals surface area contributed by atoms with Gasteiger partial charge in [0.25, 0.3) is 11.5 Å². The summed E-state index contributed by atoms with van der Waals surface area (Å²) >= 11 is 0. The number of hydrogen-bond donors (Lipinski definition) is 3. The van der Waals surface area contributed by atoms with Gasteiger partial charge in [-0.25, -0.2) is 18.2 Å². The quantitative estimate of drug-likeness (QED) is 0.192. The number of carbonyl (C=O) groups excluding carboxylic acids is 1. The number of nitrogens with two attached hydrogens (primary N) is 1. The van der Waals surface area contributed by atoms with E-state index in [1.54, 1.807) is 36.5 Å². The Kier molecular flexibility index (Phi) is 8.43. The summed E-state index contributed by atoms with van der Waals surface area (Å²) in [4.78, 5) is 30.7. The second-order valence-electron chi connectivity index (χ2n) is 10.6. The molecule has 4 N–H and O–H groups in total. The topological polar surface area (TPSA) is 149 Å². The van der Waals surface area contributed by atoms with E-state index in [2.05, 4.69) is 20.7 Å². The fourth-order valence-corrected chi connectivity index (χ4v) is 5.64. The lowest BCUT2D eigenvalue weighted by atomic mass is 9.99. The Labute approximate surface area is 265 Å². The maximum absolute atomic E-state index is 13.3. The average Bonchev–Trinajstić information content (AvgIpc) is 3.08. The molecule has 0 saturated carbocycles. The molecule has 0 aliphatic carbocycles. The van der Waals surface area contributed by atoms with Crippen molar-refractivity contribution in [2.75, 3.05) is 5.32 Å². The molecule has 0 radical (unpaired) electrons. The van der Waals surface area contributed by atoms with Crippen LogP contribution in [0.1, 0.15) is 22.8 Å². The van der Waals surface area contributed by atoms with Gasteiger partial charge < -0.3 is 10.6 Å². The smallest absolute Gasteiger partial charge is 0.290 e. The summed E-state index contributed by atoms with van der Waals surface area (Å²) in [5.74, 6) is -0.274. The number of fused-ring (bicyclic) bond motifs is 1. The van der Waals surface area contributed by atoms with Crippen LogP contribution in [0.2, 0.25) is 0 Å². The van der Waals surface area contributed by atoms with E-state index < -0.39 is 10.0 Å². The highest BCUT2D eigenvalue weighted by Crippen LogP contribution is 2.29. The number of nitrogens with zero attached hydrogens (tertiary/aromatic N) is 3. The number of amides is 1. The Morgan fingerprint density at radius 1 is 0.826 bits per heavy atom. The molecule has 10 nitrogen and oxygen atoms in total. The van der Waals surface area contributed by atoms with Crippen molar-refractivity contribution in [2.24, 2.45) is 5.14 Å². The Hall–Kier alpha value is -5.65. The highest BCUT2D eigenvalue weighted by Gasteiger charge is 2.14. The number of aryl methyl sites for hydroxylation is 1. The number of hydrogen-bond acceptors (Lipinski definition) is 7. The molecule has 11 heteroatoms. The van der Waals surface area contributed by atoms with Gasteiger partial charge in [0.05, 0.1) is 16.1 Å². The molecule has 0 aliphatic rings. The van der Waals surface area contributed by atoms with Crippen LogP contribution in [0, 0.1) is 0 Å². The highest BCUT2D eigenvalue weighted by atomic mass is 32.2. The molecule has 2 heterocycles. The molecule has 230 valence electrons. The van der Waals surface area contributed by atoms with Gasteiger partial charge >= 0.3 is 0 Å². The van der Waals surface area contributed by atoms with Crippen molar-refractivity contribution in [3.8, 4) is 22.4 Å². The molecule has 46 heavy (non-hydrogen) atoms. The number of benzene rings is 4. The van der Waals surface area contributed by atoms with Gasteiger partial charge in [-0.2, -0.15) is 5.10 Å². The van der Waals surface area contributed by atoms with E-state index in [1.165, 1.54) is 16.8 Å². The van der Waals surface area contributed by atoms with Gasteiger partial charge in [-0.3, -0.25) is 14.6 Å². The lowest BCUT2D eigenvalue weighted by Crippen LogP contribution is -2.24. The van der Waals surface area contributed by atoms with Crippen molar-refractivity contribution in [1.82, 2.24) is 20.1 Å². The molecule has 6 aromatic rings. The van der Waals surface area contributed by atoms with E-state index >= 15 is 0 Å². The first kappa shape index (κ1) is 30.4. The van der Waals surface area contributed by atoms with Crippen LogP contribution in [-0.4, -0.2) is 29.1 Å². The van der Waals surface area contributed by atoms with Crippen molar-refractivity contribution in [3.05, 3.63) is 137 Å². The molecule has 0 bridgehead atoms. The number of rotatable bonds is 9. The molecule has 1 amide bonds. The minimum absolute atomic E-state index is 0.0102. The van der Waals surface area contributed by atoms with E-state index in [4.69, 9.17) is 5.14 Å². The molecular formula is C35H30N6O4S. The van der Waals surface area contributed by atoms with E-state index in [0.29, 0.717) is 23.5 Å². The number of anilines is 2. The number of nitrogens with one attached hydrogen (secondary N) is 2. The zero-order valence-corrected chi connectivity index (χ0v) is 25.7. The van der Waals surface area contributed by atoms with Crippen molar-refractivity contribution < 1.29 is 13.2 Å². The van der Waals surface area contributed by atoms with Crippen molar-refractivity contribution in [2.45, 2.75) is 24.9 Å². The lowest BCUT2D eigenvalue weighted by Gasteiger charge is -2.13. The van der Waals surface area contributed by atoms with Gasteiger partial charge in [0.2, 0.25) is 10.0 Å². The third kappa shape index (κ3) is 6.55. The molecule has 0 aliphatic heterocycles. The maximum Gasteiger partial charge on any atom is 0.290 e. The summed E-state index contributed by atoms with van der Waals surface area (Å²) in [6.45, 7) is 2.48. The summed E-state index contributed by atoms with van der Waals surface area (Å²) in [6, 6.07) is 32.4. The molecule has 2 aromatic heterocycles. The predicted molar refractivity (Wildman–Crippen MR) is 179 cm³/mol. The zero-order chi connectivity index (χ0) is 32.3. The minimum atomic E-state index is -3.79. The molecule has 0 atom stereocenters. The number of primary sulfonamides is 1. The second kappa shape index (κ2) is 12.8. The molecule has 0 saturated heterocycles. The van der Waals surface area contributed by atoms with Gasteiger partial charge in [0.15, 0.2) is 0 Å². The van der Waals surface area contributed by atoms with Crippen LogP contribution in [0.25, 0.3) is 33.3 Å². The fourth-order valence-electron chi connectivity index (χ4n) is 5.12. The van der Waals surface area contributed by atoms with Gasteiger partial charge in [0, 0.05) is 41.5 Å². The summed E-state index contributed by atoms with van der Waals surface area (Å²) < 4.78 is 24.4. The Morgan fingerprint density at radius 2 is 1.54 bits per heavy atom. The van der Waals surface area contributed by atoms with Crippen molar-refractivity contribution >= 4 is 38.2 Å². The van der Waals surface area contributed by atoms with Crippen molar-refractivity contribution in [1.29, 1.82) is 0 Å². The number of aromatic nitrogens is 3. The first-order valence-corrected chi connectivity index (χ1v) is 16.1. The fraction of sp³-hybridized carbons (Fsp3) is 0.0857. The first-order valence-electron chi connectivity index (χ1n) is 14.5. The van der Waals surface area contributed by atoms with E-state index in [0.717, 1.165) is 38.8 Å². The second-order valence-corrected chi connectivity index (χ2v) is 12.2. The van der Waals surface area contributed by atoms with E-state index in [1.807, 2.05) is 73.7 Å². The van der Waals surface area contributed by atoms with Crippen LogP contribution in [0.5, 0.6) is 0 Å². The van der Waals surface area contributed by atoms with Crippen LogP contribution in [0.4, 0.5) is 11.4 Å². The van der Waals surface area contributed by atoms with Gasteiger partial charge in [-0.05, 0) is 84.3 Å². The zero-order valence-electron chi connectivity index (χ0n) is 24.8. The van der Waals surface area contributed by atoms with Gasteiger partial charge in [-0.15, -0.1) is 0 Å². The van der Waals surface area contributed by atoms with Gasteiger partial charge in [0.1, 0.15) is 5.69 Å². The monoisotopic (exact) mass is 630 g/mol. The Morgan fingerprint density at radius 3 is 2.30 bits per heavy atom. The summed E-state index contributed by atoms with van der Waals surface area (Å²) in [6.07, 6.45) is 1.73. The number of sulfonamides is 1. The van der Waals surface area contributed by atoms with E-state index in [-0.39, 0.29) is 22.9 Å². The van der Waals surface area contributed by atoms with Crippen LogP contribution < -0.4 is 21.3 Å². The van der Waals surface area contributed by atoms with Crippen LogP contribution in [0.3, 0.4) is 0 Å². The van der Waals surface area contributed by atoms with Gasteiger partial charge in [-0.1, -0.05) is 48.5 Å². The molecule has 6 rings (SSSR count). The molecule has 4 aromatic carbocycles. The van der Waals surface area contributed by atoms with Crippen molar-refractivity contribution in [3.63, 3.8) is 0 Å². The Balaban J connectivity index is 1.25. The molecule has 0 spiro atoms. The van der Waals surface area contributed by atoms with Crippen LogP contribution in [0.15, 0.2) is 125 Å². The summed E-state index contributed by atoms with van der Waals surface area (Å²) in [5, 5.41) is 16.9. The number of pyridine rings is 1.